The van der Waals surface area contributed by atoms with Crippen molar-refractivity contribution in [2.24, 2.45) is 4.99 Å². The number of guanidine groups is 1. The smallest absolute Gasteiger partial charge is 0.239 e. The minimum absolute atomic E-state index is 0.0928. The highest BCUT2D eigenvalue weighted by molar-refractivity contribution is 6.30. The molecular weight excluding hydrogens is 342 g/mol. The number of nitrogens with zero attached hydrogens (tertiary/aromatic N) is 3. The van der Waals surface area contributed by atoms with E-state index in [1.54, 1.807) is 20.2 Å². The molecule has 0 spiro atoms. The highest BCUT2D eigenvalue weighted by Crippen LogP contribution is 2.13. The van der Waals surface area contributed by atoms with Gasteiger partial charge in [0.2, 0.25) is 11.8 Å². The molecular formula is C17H24ClN5O2. The molecule has 136 valence electrons. The van der Waals surface area contributed by atoms with Gasteiger partial charge in [0.05, 0.1) is 13.0 Å². The Morgan fingerprint density at radius 2 is 1.88 bits per heavy atom. The Bertz CT molecular complexity index is 642. The number of hydrogen-bond acceptors (Lipinski definition) is 3. The highest BCUT2D eigenvalue weighted by Gasteiger charge is 2.23. The summed E-state index contributed by atoms with van der Waals surface area (Å²) in [5.74, 6) is 0.664. The van der Waals surface area contributed by atoms with Crippen molar-refractivity contribution in [2.75, 3.05) is 46.8 Å². The second kappa shape index (κ2) is 9.27. The molecule has 1 aliphatic heterocycles. The van der Waals surface area contributed by atoms with Crippen LogP contribution in [0.15, 0.2) is 29.3 Å². The monoisotopic (exact) mass is 365 g/mol. The third kappa shape index (κ3) is 5.63. The molecule has 8 heteroatoms. The lowest BCUT2D eigenvalue weighted by molar-refractivity contribution is -0.131. The number of piperazine rings is 1. The topological polar surface area (TPSA) is 77.0 Å². The number of halogens is 1. The van der Waals surface area contributed by atoms with Gasteiger partial charge in [0, 0.05) is 45.3 Å². The van der Waals surface area contributed by atoms with E-state index in [1.165, 1.54) is 0 Å². The molecule has 1 heterocycles. The van der Waals surface area contributed by atoms with Crippen LogP contribution in [0, 0.1) is 0 Å². The van der Waals surface area contributed by atoms with Crippen molar-refractivity contribution in [1.29, 1.82) is 0 Å². The SMILES string of the molecule is CN=C(NCC(=O)NC)N1CCN(C(=O)Cc2cccc(Cl)c2)CC1. The molecule has 0 atom stereocenters. The van der Waals surface area contributed by atoms with Gasteiger partial charge in [-0.3, -0.25) is 14.6 Å². The van der Waals surface area contributed by atoms with E-state index in [0.717, 1.165) is 5.56 Å². The largest absolute Gasteiger partial charge is 0.358 e. The summed E-state index contributed by atoms with van der Waals surface area (Å²) < 4.78 is 0. The molecule has 2 N–H and O–H groups in total. The number of aliphatic imine (C=N–C) groups is 1. The Balaban J connectivity index is 1.83. The number of nitrogens with one attached hydrogen (secondary N) is 2. The number of carbonyl (C=O) groups is 2. The predicted molar refractivity (Wildman–Crippen MR) is 98.7 cm³/mol. The number of likely N-dealkylation sites (N-methyl/N-ethyl adjacent to an activating group) is 1. The van der Waals surface area contributed by atoms with Crippen molar-refractivity contribution in [1.82, 2.24) is 20.4 Å². The number of carbonyl (C=O) groups excluding carboxylic acids is 2. The van der Waals surface area contributed by atoms with Gasteiger partial charge in [-0.05, 0) is 17.7 Å². The van der Waals surface area contributed by atoms with E-state index in [4.69, 9.17) is 11.6 Å². The third-order valence-corrected chi connectivity index (χ3v) is 4.31. The van der Waals surface area contributed by atoms with Crippen LogP contribution in [0.4, 0.5) is 0 Å². The average Bonchev–Trinajstić information content (AvgIpc) is 2.62. The molecule has 2 amide bonds. The summed E-state index contributed by atoms with van der Waals surface area (Å²) in [6.45, 7) is 2.78. The zero-order valence-electron chi connectivity index (χ0n) is 14.6. The van der Waals surface area contributed by atoms with Crippen LogP contribution in [0.2, 0.25) is 5.02 Å². The predicted octanol–water partition coefficient (Wildman–Crippen LogP) is 0.348. The number of amides is 2. The molecule has 0 radical (unpaired) electrons. The maximum atomic E-state index is 12.4. The second-order valence-corrected chi connectivity index (χ2v) is 6.18. The van der Waals surface area contributed by atoms with Gasteiger partial charge in [-0.1, -0.05) is 23.7 Å². The maximum absolute atomic E-state index is 12.4. The molecule has 0 saturated carbocycles. The number of rotatable bonds is 4. The van der Waals surface area contributed by atoms with Crippen LogP contribution in [-0.2, 0) is 16.0 Å². The van der Waals surface area contributed by atoms with Gasteiger partial charge in [-0.15, -0.1) is 0 Å². The summed E-state index contributed by atoms with van der Waals surface area (Å²) in [6, 6.07) is 7.38. The van der Waals surface area contributed by atoms with Crippen molar-refractivity contribution in [3.63, 3.8) is 0 Å². The van der Waals surface area contributed by atoms with Gasteiger partial charge in [0.25, 0.3) is 0 Å². The Kier molecular flexibility index (Phi) is 7.06. The first-order valence-electron chi connectivity index (χ1n) is 8.22. The number of benzene rings is 1. The molecule has 1 fully saturated rings. The van der Waals surface area contributed by atoms with Crippen LogP contribution in [0.1, 0.15) is 5.56 Å². The Morgan fingerprint density at radius 3 is 2.48 bits per heavy atom. The summed E-state index contributed by atoms with van der Waals surface area (Å²) in [5, 5.41) is 6.22. The summed E-state index contributed by atoms with van der Waals surface area (Å²) in [4.78, 5) is 31.9. The van der Waals surface area contributed by atoms with Gasteiger partial charge in [0.1, 0.15) is 0 Å². The summed E-state index contributed by atoms with van der Waals surface area (Å²) >= 11 is 5.97. The lowest BCUT2D eigenvalue weighted by Crippen LogP contribution is -2.54. The van der Waals surface area contributed by atoms with Gasteiger partial charge in [-0.25, -0.2) is 0 Å². The van der Waals surface area contributed by atoms with Gasteiger partial charge in [0.15, 0.2) is 5.96 Å². The van der Waals surface area contributed by atoms with Gasteiger partial charge < -0.3 is 20.4 Å². The van der Waals surface area contributed by atoms with E-state index in [-0.39, 0.29) is 18.4 Å². The first-order chi connectivity index (χ1) is 12.0. The summed E-state index contributed by atoms with van der Waals surface area (Å²) in [6.07, 6.45) is 0.351. The van der Waals surface area contributed by atoms with E-state index in [0.29, 0.717) is 43.6 Å². The molecule has 1 aromatic carbocycles. The van der Waals surface area contributed by atoms with Crippen molar-refractivity contribution < 1.29 is 9.59 Å². The van der Waals surface area contributed by atoms with E-state index >= 15 is 0 Å². The Labute approximate surface area is 153 Å². The molecule has 1 saturated heterocycles. The molecule has 1 aromatic rings. The standard InChI is InChI=1S/C17H24ClN5O2/c1-19-15(24)12-21-17(20-2)23-8-6-22(7-9-23)16(25)11-13-4-3-5-14(18)10-13/h3-5,10H,6-9,11-12H2,1-2H3,(H,19,24)(H,20,21). The second-order valence-electron chi connectivity index (χ2n) is 5.75. The van der Waals surface area contributed by atoms with Crippen LogP contribution < -0.4 is 10.6 Å². The maximum Gasteiger partial charge on any atom is 0.239 e. The van der Waals surface area contributed by atoms with E-state index < -0.39 is 0 Å². The highest BCUT2D eigenvalue weighted by atomic mass is 35.5. The fraction of sp³-hybridized carbons (Fsp3) is 0.471. The normalized spacial score (nSPS) is 15.1. The fourth-order valence-electron chi connectivity index (χ4n) is 2.68. The molecule has 0 aliphatic carbocycles. The minimum atomic E-state index is -0.100. The van der Waals surface area contributed by atoms with Crippen molar-refractivity contribution in [2.45, 2.75) is 6.42 Å². The molecule has 0 bridgehead atoms. The molecule has 0 aromatic heterocycles. The number of hydrogen-bond donors (Lipinski definition) is 2. The molecule has 0 unspecified atom stereocenters. The van der Waals surface area contributed by atoms with Crippen LogP contribution in [0.5, 0.6) is 0 Å². The first-order valence-corrected chi connectivity index (χ1v) is 8.59. The third-order valence-electron chi connectivity index (χ3n) is 4.07. The minimum Gasteiger partial charge on any atom is -0.358 e. The molecule has 25 heavy (non-hydrogen) atoms. The van der Waals surface area contributed by atoms with Gasteiger partial charge >= 0.3 is 0 Å². The van der Waals surface area contributed by atoms with Crippen molar-refractivity contribution in [3.05, 3.63) is 34.9 Å². The quantitative estimate of drug-likeness (QED) is 0.596. The molecule has 1 aliphatic rings. The van der Waals surface area contributed by atoms with Crippen molar-refractivity contribution in [3.8, 4) is 0 Å². The zero-order valence-corrected chi connectivity index (χ0v) is 15.3. The molecule has 2 rings (SSSR count). The first kappa shape index (κ1) is 19.1. The Hall–Kier alpha value is -2.28. The summed E-state index contributed by atoms with van der Waals surface area (Å²) in [5.41, 5.74) is 0.919. The van der Waals surface area contributed by atoms with Crippen LogP contribution in [-0.4, -0.2) is 74.4 Å². The lowest BCUT2D eigenvalue weighted by Gasteiger charge is -2.36. The van der Waals surface area contributed by atoms with Crippen LogP contribution in [0.3, 0.4) is 0 Å². The average molecular weight is 366 g/mol. The fourth-order valence-corrected chi connectivity index (χ4v) is 2.89. The van der Waals surface area contributed by atoms with E-state index in [2.05, 4.69) is 15.6 Å². The van der Waals surface area contributed by atoms with Crippen LogP contribution in [0.25, 0.3) is 0 Å². The van der Waals surface area contributed by atoms with E-state index in [1.807, 2.05) is 28.0 Å². The van der Waals surface area contributed by atoms with Gasteiger partial charge in [-0.2, -0.15) is 0 Å². The lowest BCUT2D eigenvalue weighted by atomic mass is 10.1. The van der Waals surface area contributed by atoms with Crippen molar-refractivity contribution >= 4 is 29.4 Å². The van der Waals surface area contributed by atoms with E-state index in [9.17, 15) is 9.59 Å². The van der Waals surface area contributed by atoms with Crippen LogP contribution >= 0.6 is 11.6 Å². The molecule has 7 nitrogen and oxygen atoms in total. The summed E-state index contributed by atoms with van der Waals surface area (Å²) in [7, 11) is 3.28. The Morgan fingerprint density at radius 1 is 1.20 bits per heavy atom. The zero-order chi connectivity index (χ0) is 18.2.